The third-order valence-corrected chi connectivity index (χ3v) is 3.97. The second-order valence-electron chi connectivity index (χ2n) is 5.90. The van der Waals surface area contributed by atoms with Gasteiger partial charge in [-0.25, -0.2) is 0 Å². The largest absolute Gasteiger partial charge is 0.481 e. The number of hydrogen-bond donors (Lipinski definition) is 1. The maximum Gasteiger partial charge on any atom is 0.303 e. The molecule has 0 radical (unpaired) electrons. The highest BCUT2D eigenvalue weighted by molar-refractivity contribution is 5.76. The van der Waals surface area contributed by atoms with Gasteiger partial charge in [0, 0.05) is 38.2 Å². The maximum atomic E-state index is 12.3. The van der Waals surface area contributed by atoms with Gasteiger partial charge < -0.3 is 14.7 Å². The highest BCUT2D eigenvalue weighted by Crippen LogP contribution is 2.29. The van der Waals surface area contributed by atoms with Gasteiger partial charge in [0.05, 0.1) is 19.3 Å². The summed E-state index contributed by atoms with van der Waals surface area (Å²) >= 11 is 0. The SMILES string of the molecule is Cn1cc(C2(C)CN(C(=O)CCCCC(=O)O)CCO2)cn1. The summed E-state index contributed by atoms with van der Waals surface area (Å²) in [6.45, 7) is 3.53. The molecule has 1 aliphatic rings. The van der Waals surface area contributed by atoms with Crippen molar-refractivity contribution < 1.29 is 19.4 Å². The van der Waals surface area contributed by atoms with Crippen LogP contribution in [-0.4, -0.2) is 51.4 Å². The van der Waals surface area contributed by atoms with Crippen LogP contribution in [0.15, 0.2) is 12.4 Å². The van der Waals surface area contributed by atoms with Crippen molar-refractivity contribution in [3.63, 3.8) is 0 Å². The van der Waals surface area contributed by atoms with Crippen molar-refractivity contribution in [1.29, 1.82) is 0 Å². The van der Waals surface area contributed by atoms with Gasteiger partial charge in [-0.1, -0.05) is 0 Å². The van der Waals surface area contributed by atoms with Gasteiger partial charge in [-0.2, -0.15) is 5.10 Å². The molecule has 22 heavy (non-hydrogen) atoms. The number of ether oxygens (including phenoxy) is 1. The van der Waals surface area contributed by atoms with Gasteiger partial charge >= 0.3 is 5.97 Å². The predicted octanol–water partition coefficient (Wildman–Crippen LogP) is 1.14. The molecular weight excluding hydrogens is 286 g/mol. The molecule has 0 saturated carbocycles. The molecule has 1 atom stereocenters. The van der Waals surface area contributed by atoms with Gasteiger partial charge in [0.2, 0.25) is 5.91 Å². The van der Waals surface area contributed by atoms with Gasteiger partial charge in [-0.05, 0) is 19.8 Å². The van der Waals surface area contributed by atoms with Crippen LogP contribution in [0.2, 0.25) is 0 Å². The number of nitrogens with zero attached hydrogens (tertiary/aromatic N) is 3. The van der Waals surface area contributed by atoms with Crippen LogP contribution in [-0.2, 0) is 27.0 Å². The van der Waals surface area contributed by atoms with Crippen molar-refractivity contribution >= 4 is 11.9 Å². The average Bonchev–Trinajstić information content (AvgIpc) is 2.90. The van der Waals surface area contributed by atoms with Crippen molar-refractivity contribution in [2.75, 3.05) is 19.7 Å². The predicted molar refractivity (Wildman–Crippen MR) is 79.2 cm³/mol. The van der Waals surface area contributed by atoms with E-state index in [0.717, 1.165) is 5.56 Å². The minimum absolute atomic E-state index is 0.0591. The lowest BCUT2D eigenvalue weighted by Crippen LogP contribution is -2.50. The van der Waals surface area contributed by atoms with E-state index in [1.807, 2.05) is 20.2 Å². The van der Waals surface area contributed by atoms with Gasteiger partial charge in [-0.15, -0.1) is 0 Å². The first kappa shape index (κ1) is 16.5. The van der Waals surface area contributed by atoms with Crippen LogP contribution < -0.4 is 0 Å². The zero-order valence-corrected chi connectivity index (χ0v) is 13.1. The Morgan fingerprint density at radius 3 is 2.77 bits per heavy atom. The fourth-order valence-electron chi connectivity index (χ4n) is 2.66. The van der Waals surface area contributed by atoms with Crippen molar-refractivity contribution in [2.45, 2.75) is 38.2 Å². The minimum Gasteiger partial charge on any atom is -0.481 e. The molecule has 1 amide bonds. The van der Waals surface area contributed by atoms with Crippen LogP contribution in [0, 0.1) is 0 Å². The highest BCUT2D eigenvalue weighted by Gasteiger charge is 2.36. The summed E-state index contributed by atoms with van der Waals surface area (Å²) in [4.78, 5) is 24.5. The molecule has 0 aromatic carbocycles. The van der Waals surface area contributed by atoms with E-state index in [9.17, 15) is 9.59 Å². The van der Waals surface area contributed by atoms with E-state index < -0.39 is 11.6 Å². The molecule has 2 heterocycles. The van der Waals surface area contributed by atoms with E-state index in [2.05, 4.69) is 5.10 Å². The Morgan fingerprint density at radius 1 is 1.41 bits per heavy atom. The number of carboxylic acids is 1. The Balaban J connectivity index is 1.89. The lowest BCUT2D eigenvalue weighted by molar-refractivity contribution is -0.150. The van der Waals surface area contributed by atoms with Crippen LogP contribution in [0.5, 0.6) is 0 Å². The van der Waals surface area contributed by atoms with Crippen LogP contribution >= 0.6 is 0 Å². The smallest absolute Gasteiger partial charge is 0.303 e. The zero-order chi connectivity index (χ0) is 16.2. The lowest BCUT2D eigenvalue weighted by Gasteiger charge is -2.40. The van der Waals surface area contributed by atoms with Crippen molar-refractivity contribution in [3.05, 3.63) is 18.0 Å². The van der Waals surface area contributed by atoms with Crippen LogP contribution in [0.25, 0.3) is 0 Å². The van der Waals surface area contributed by atoms with E-state index >= 15 is 0 Å². The molecular formula is C15H23N3O4. The summed E-state index contributed by atoms with van der Waals surface area (Å²) in [6, 6.07) is 0. The number of carbonyl (C=O) groups is 2. The molecule has 1 unspecified atom stereocenters. The molecule has 1 fully saturated rings. The zero-order valence-electron chi connectivity index (χ0n) is 13.1. The van der Waals surface area contributed by atoms with E-state index in [-0.39, 0.29) is 12.3 Å². The summed E-state index contributed by atoms with van der Waals surface area (Å²) in [5, 5.41) is 12.8. The van der Waals surface area contributed by atoms with E-state index in [1.165, 1.54) is 0 Å². The van der Waals surface area contributed by atoms with Gasteiger partial charge in [0.1, 0.15) is 5.60 Å². The molecule has 1 aromatic heterocycles. The number of unbranched alkanes of at least 4 members (excludes halogenated alkanes) is 1. The van der Waals surface area contributed by atoms with Crippen molar-refractivity contribution in [3.8, 4) is 0 Å². The third kappa shape index (κ3) is 4.07. The molecule has 0 aliphatic carbocycles. The molecule has 1 aliphatic heterocycles. The number of aryl methyl sites for hydroxylation is 1. The highest BCUT2D eigenvalue weighted by atomic mass is 16.5. The first-order valence-electron chi connectivity index (χ1n) is 7.53. The summed E-state index contributed by atoms with van der Waals surface area (Å²) < 4.78 is 7.60. The number of hydrogen-bond acceptors (Lipinski definition) is 4. The average molecular weight is 309 g/mol. The Labute approximate surface area is 129 Å². The van der Waals surface area contributed by atoms with E-state index in [0.29, 0.717) is 39.0 Å². The second kappa shape index (κ2) is 6.91. The molecule has 7 heteroatoms. The lowest BCUT2D eigenvalue weighted by atomic mass is 9.96. The second-order valence-corrected chi connectivity index (χ2v) is 5.90. The number of carbonyl (C=O) groups excluding carboxylic acids is 1. The van der Waals surface area contributed by atoms with Crippen molar-refractivity contribution in [1.82, 2.24) is 14.7 Å². The molecule has 1 aromatic rings. The molecule has 122 valence electrons. The molecule has 0 bridgehead atoms. The number of aromatic nitrogens is 2. The summed E-state index contributed by atoms with van der Waals surface area (Å²) in [5.41, 5.74) is 0.418. The monoisotopic (exact) mass is 309 g/mol. The van der Waals surface area contributed by atoms with E-state index in [1.54, 1.807) is 15.8 Å². The molecule has 7 nitrogen and oxygen atoms in total. The van der Waals surface area contributed by atoms with Gasteiger partial charge in [-0.3, -0.25) is 14.3 Å². The van der Waals surface area contributed by atoms with Crippen molar-refractivity contribution in [2.24, 2.45) is 7.05 Å². The molecule has 2 rings (SSSR count). The van der Waals surface area contributed by atoms with Gasteiger partial charge in [0.25, 0.3) is 0 Å². The Kier molecular flexibility index (Phi) is 5.18. The number of carboxylic acid groups (broad SMARTS) is 1. The Bertz CT molecular complexity index is 543. The first-order chi connectivity index (χ1) is 10.4. The maximum absolute atomic E-state index is 12.3. The van der Waals surface area contributed by atoms with Crippen LogP contribution in [0.3, 0.4) is 0 Å². The number of rotatable bonds is 6. The van der Waals surface area contributed by atoms with Crippen LogP contribution in [0.4, 0.5) is 0 Å². The summed E-state index contributed by atoms with van der Waals surface area (Å²) in [7, 11) is 1.85. The standard InChI is InChI=1S/C15H23N3O4/c1-15(12-9-16-17(2)10-12)11-18(7-8-22-15)13(19)5-3-4-6-14(20)21/h9-10H,3-8,11H2,1-2H3,(H,20,21). The van der Waals surface area contributed by atoms with Gasteiger partial charge in [0.15, 0.2) is 0 Å². The summed E-state index contributed by atoms with van der Waals surface area (Å²) in [6.07, 6.45) is 5.30. The third-order valence-electron chi connectivity index (χ3n) is 3.97. The number of amides is 1. The topological polar surface area (TPSA) is 84.7 Å². The Hall–Kier alpha value is -1.89. The Morgan fingerprint density at radius 2 is 2.14 bits per heavy atom. The fourth-order valence-corrected chi connectivity index (χ4v) is 2.66. The quantitative estimate of drug-likeness (QED) is 0.797. The molecule has 1 saturated heterocycles. The molecule has 1 N–H and O–H groups in total. The van der Waals surface area contributed by atoms with Crippen LogP contribution in [0.1, 0.15) is 38.2 Å². The summed E-state index contributed by atoms with van der Waals surface area (Å²) in [5.74, 6) is -0.758. The van der Waals surface area contributed by atoms with E-state index in [4.69, 9.17) is 9.84 Å². The first-order valence-corrected chi connectivity index (χ1v) is 7.53. The normalized spacial score (nSPS) is 21.8. The minimum atomic E-state index is -0.817. The number of aliphatic carboxylic acids is 1. The molecule has 0 spiro atoms. The number of morpholine rings is 1. The fraction of sp³-hybridized carbons (Fsp3) is 0.667.